The first-order valence-electron chi connectivity index (χ1n) is 6.00. The largest absolute Gasteiger partial charge is 0.496 e. The molecule has 0 aliphatic heterocycles. The van der Waals surface area contributed by atoms with Crippen molar-refractivity contribution in [2.75, 3.05) is 12.4 Å². The van der Waals surface area contributed by atoms with Crippen LogP contribution >= 0.6 is 0 Å². The minimum atomic E-state index is -1.09. The van der Waals surface area contributed by atoms with Crippen LogP contribution in [0.4, 0.5) is 10.1 Å². The number of aromatic carboxylic acids is 1. The number of carbonyl (C=O) groups is 1. The second-order valence-electron chi connectivity index (χ2n) is 4.17. The van der Waals surface area contributed by atoms with E-state index in [1.54, 1.807) is 13.2 Å². The summed E-state index contributed by atoms with van der Waals surface area (Å²) in [6.07, 6.45) is 0. The van der Waals surface area contributed by atoms with E-state index in [4.69, 9.17) is 9.84 Å². The van der Waals surface area contributed by atoms with E-state index in [2.05, 4.69) is 5.32 Å². The Kier molecular flexibility index (Phi) is 4.20. The van der Waals surface area contributed by atoms with Gasteiger partial charge in [0.1, 0.15) is 11.6 Å². The average molecular weight is 275 g/mol. The van der Waals surface area contributed by atoms with Gasteiger partial charge in [0.05, 0.1) is 18.4 Å². The Balaban J connectivity index is 2.18. The highest BCUT2D eigenvalue weighted by Gasteiger charge is 2.09. The first kappa shape index (κ1) is 13.9. The Bertz CT molecular complexity index is 628. The fourth-order valence-corrected chi connectivity index (χ4v) is 1.83. The predicted molar refractivity (Wildman–Crippen MR) is 73.7 cm³/mol. The molecule has 20 heavy (non-hydrogen) atoms. The van der Waals surface area contributed by atoms with Gasteiger partial charge in [0.25, 0.3) is 0 Å². The van der Waals surface area contributed by atoms with Gasteiger partial charge >= 0.3 is 5.97 Å². The second-order valence-corrected chi connectivity index (χ2v) is 4.17. The van der Waals surface area contributed by atoms with Crippen LogP contribution < -0.4 is 10.1 Å². The minimum Gasteiger partial charge on any atom is -0.496 e. The van der Waals surface area contributed by atoms with E-state index >= 15 is 0 Å². The fourth-order valence-electron chi connectivity index (χ4n) is 1.83. The molecule has 0 heterocycles. The van der Waals surface area contributed by atoms with E-state index in [1.807, 2.05) is 18.2 Å². The smallest absolute Gasteiger partial charge is 0.335 e. The Morgan fingerprint density at radius 1 is 1.30 bits per heavy atom. The summed E-state index contributed by atoms with van der Waals surface area (Å²) in [5, 5.41) is 11.8. The number of para-hydroxylation sites is 1. The summed E-state index contributed by atoms with van der Waals surface area (Å²) in [5.74, 6) is -0.898. The maximum atomic E-state index is 13.6. The molecule has 2 N–H and O–H groups in total. The van der Waals surface area contributed by atoms with Crippen LogP contribution in [-0.4, -0.2) is 18.2 Å². The van der Waals surface area contributed by atoms with Crippen molar-refractivity contribution in [1.29, 1.82) is 0 Å². The van der Waals surface area contributed by atoms with Gasteiger partial charge in [-0.15, -0.1) is 0 Å². The molecule has 2 aromatic rings. The van der Waals surface area contributed by atoms with Gasteiger partial charge in [-0.2, -0.15) is 0 Å². The lowest BCUT2D eigenvalue weighted by Gasteiger charge is -2.11. The van der Waals surface area contributed by atoms with Gasteiger partial charge < -0.3 is 15.2 Å². The van der Waals surface area contributed by atoms with Crippen LogP contribution in [0.2, 0.25) is 0 Å². The standard InChI is InChI=1S/C15H14FNO3/c1-20-14-5-3-2-4-11(14)9-17-13-8-10(15(18)19)6-7-12(13)16/h2-8,17H,9H2,1H3,(H,18,19). The maximum Gasteiger partial charge on any atom is 0.335 e. The molecule has 2 rings (SSSR count). The predicted octanol–water partition coefficient (Wildman–Crippen LogP) is 3.14. The van der Waals surface area contributed by atoms with Crippen molar-refractivity contribution < 1.29 is 19.0 Å². The van der Waals surface area contributed by atoms with Crippen molar-refractivity contribution in [1.82, 2.24) is 0 Å². The third kappa shape index (κ3) is 3.06. The minimum absolute atomic E-state index is 0.0360. The van der Waals surface area contributed by atoms with Crippen LogP contribution in [0.15, 0.2) is 42.5 Å². The highest BCUT2D eigenvalue weighted by molar-refractivity contribution is 5.88. The molecule has 0 amide bonds. The molecule has 0 spiro atoms. The highest BCUT2D eigenvalue weighted by atomic mass is 19.1. The molecule has 0 fully saturated rings. The number of nitrogens with one attached hydrogen (secondary N) is 1. The van der Waals surface area contributed by atoms with Gasteiger partial charge in [-0.1, -0.05) is 18.2 Å². The molecule has 4 nitrogen and oxygen atoms in total. The first-order valence-corrected chi connectivity index (χ1v) is 6.00. The molecule has 0 atom stereocenters. The number of halogens is 1. The molecule has 0 bridgehead atoms. The van der Waals surface area contributed by atoms with E-state index in [9.17, 15) is 9.18 Å². The fraction of sp³-hybridized carbons (Fsp3) is 0.133. The van der Waals surface area contributed by atoms with Gasteiger partial charge in [-0.05, 0) is 24.3 Å². The first-order chi connectivity index (χ1) is 9.61. The summed E-state index contributed by atoms with van der Waals surface area (Å²) in [6.45, 7) is 0.337. The molecule has 104 valence electrons. The number of methoxy groups -OCH3 is 1. The summed E-state index contributed by atoms with van der Waals surface area (Å²) in [4.78, 5) is 10.9. The summed E-state index contributed by atoms with van der Waals surface area (Å²) in [7, 11) is 1.56. The summed E-state index contributed by atoms with van der Waals surface area (Å²) in [5.41, 5.74) is 1.04. The molecule has 0 aromatic heterocycles. The number of hydrogen-bond donors (Lipinski definition) is 2. The number of anilines is 1. The lowest BCUT2D eigenvalue weighted by atomic mass is 10.1. The molecule has 2 aromatic carbocycles. The number of rotatable bonds is 5. The molecule has 0 aliphatic rings. The second kappa shape index (κ2) is 6.06. The monoisotopic (exact) mass is 275 g/mol. The van der Waals surface area contributed by atoms with Gasteiger partial charge in [0.15, 0.2) is 0 Å². The van der Waals surface area contributed by atoms with Crippen LogP contribution in [0.1, 0.15) is 15.9 Å². The lowest BCUT2D eigenvalue weighted by molar-refractivity contribution is 0.0697. The van der Waals surface area contributed by atoms with Gasteiger partial charge in [-0.25, -0.2) is 9.18 Å². The van der Waals surface area contributed by atoms with Gasteiger partial charge in [0, 0.05) is 12.1 Å². The molecule has 0 unspecified atom stereocenters. The Labute approximate surface area is 115 Å². The van der Waals surface area contributed by atoms with E-state index in [-0.39, 0.29) is 11.3 Å². The number of carboxylic acid groups (broad SMARTS) is 1. The van der Waals surface area contributed by atoms with Crippen LogP contribution in [0, 0.1) is 5.82 Å². The quantitative estimate of drug-likeness (QED) is 0.880. The van der Waals surface area contributed by atoms with Crippen molar-refractivity contribution in [3.8, 4) is 5.75 Å². The maximum absolute atomic E-state index is 13.6. The van der Waals surface area contributed by atoms with E-state index in [1.165, 1.54) is 12.1 Å². The topological polar surface area (TPSA) is 58.6 Å². The lowest BCUT2D eigenvalue weighted by Crippen LogP contribution is -2.05. The van der Waals surface area contributed by atoms with E-state index in [0.29, 0.717) is 12.3 Å². The molecule has 0 saturated carbocycles. The van der Waals surface area contributed by atoms with Crippen LogP contribution in [0.3, 0.4) is 0 Å². The summed E-state index contributed by atoms with van der Waals surface area (Å²) >= 11 is 0. The number of benzene rings is 2. The summed E-state index contributed by atoms with van der Waals surface area (Å²) < 4.78 is 18.8. The van der Waals surface area contributed by atoms with E-state index in [0.717, 1.165) is 11.6 Å². The molecule has 0 aliphatic carbocycles. The zero-order valence-electron chi connectivity index (χ0n) is 10.9. The molecule has 0 radical (unpaired) electrons. The van der Waals surface area contributed by atoms with Gasteiger partial charge in [0.2, 0.25) is 0 Å². The van der Waals surface area contributed by atoms with Crippen molar-refractivity contribution in [2.24, 2.45) is 0 Å². The molecular formula is C15H14FNO3. The molecular weight excluding hydrogens is 261 g/mol. The number of ether oxygens (including phenoxy) is 1. The zero-order chi connectivity index (χ0) is 14.5. The van der Waals surface area contributed by atoms with E-state index < -0.39 is 11.8 Å². The van der Waals surface area contributed by atoms with Crippen molar-refractivity contribution in [2.45, 2.75) is 6.54 Å². The van der Waals surface area contributed by atoms with Crippen molar-refractivity contribution >= 4 is 11.7 Å². The van der Waals surface area contributed by atoms with Crippen LogP contribution in [0.5, 0.6) is 5.75 Å². The highest BCUT2D eigenvalue weighted by Crippen LogP contribution is 2.21. The van der Waals surface area contributed by atoms with Gasteiger partial charge in [-0.3, -0.25) is 0 Å². The van der Waals surface area contributed by atoms with Crippen LogP contribution in [-0.2, 0) is 6.54 Å². The number of hydrogen-bond acceptors (Lipinski definition) is 3. The molecule has 0 saturated heterocycles. The zero-order valence-corrected chi connectivity index (χ0v) is 10.9. The summed E-state index contributed by atoms with van der Waals surface area (Å²) in [6, 6.07) is 11.0. The Morgan fingerprint density at radius 3 is 2.75 bits per heavy atom. The number of carboxylic acids is 1. The normalized spacial score (nSPS) is 10.1. The Morgan fingerprint density at radius 2 is 2.05 bits per heavy atom. The Hall–Kier alpha value is -2.56. The SMILES string of the molecule is COc1ccccc1CNc1cc(C(=O)O)ccc1F. The van der Waals surface area contributed by atoms with Crippen molar-refractivity contribution in [3.63, 3.8) is 0 Å². The molecule has 5 heteroatoms. The van der Waals surface area contributed by atoms with Crippen molar-refractivity contribution in [3.05, 3.63) is 59.4 Å². The van der Waals surface area contributed by atoms with Crippen LogP contribution in [0.25, 0.3) is 0 Å². The average Bonchev–Trinajstić information content (AvgIpc) is 2.46. The third-order valence-electron chi connectivity index (χ3n) is 2.88. The third-order valence-corrected chi connectivity index (χ3v) is 2.88.